The van der Waals surface area contributed by atoms with Crippen molar-refractivity contribution in [2.24, 2.45) is 0 Å². The number of carbonyl (C=O) groups excluding carboxylic acids is 1. The zero-order chi connectivity index (χ0) is 24.4. The summed E-state index contributed by atoms with van der Waals surface area (Å²) in [6.45, 7) is 2.72. The van der Waals surface area contributed by atoms with Gasteiger partial charge in [-0.1, -0.05) is 18.2 Å². The fourth-order valence-corrected chi connectivity index (χ4v) is 5.65. The maximum absolute atomic E-state index is 13.4. The van der Waals surface area contributed by atoms with E-state index in [0.29, 0.717) is 29.9 Å². The number of fused-ring (bicyclic) bond motifs is 1. The number of carbonyl (C=O) groups is 1. The lowest BCUT2D eigenvalue weighted by molar-refractivity contribution is 0.0747. The maximum atomic E-state index is 13.4. The summed E-state index contributed by atoms with van der Waals surface area (Å²) < 4.78 is 27.9. The van der Waals surface area contributed by atoms with Crippen molar-refractivity contribution in [3.63, 3.8) is 0 Å². The highest BCUT2D eigenvalue weighted by molar-refractivity contribution is 7.93. The van der Waals surface area contributed by atoms with Crippen molar-refractivity contribution in [2.45, 2.75) is 4.90 Å². The highest BCUT2D eigenvalue weighted by Gasteiger charge is 2.26. The lowest BCUT2D eigenvalue weighted by Crippen LogP contribution is -2.48. The molecule has 0 radical (unpaired) electrons. The molecule has 0 atom stereocenters. The highest BCUT2D eigenvalue weighted by atomic mass is 32.2. The standard InChI is InChI=1S/C26H25N5O3S/c1-29(35(33,34)24-6-2-4-20-5-3-13-28-25(20)24)22-9-7-21(8-10-22)26(32)31-18-16-30(17-19-31)23-11-14-27-15-12-23/h2-15H,16-19H2,1H3. The van der Waals surface area contributed by atoms with Crippen LogP contribution in [0.15, 0.2) is 90.2 Å². The molecule has 0 bridgehead atoms. The van der Waals surface area contributed by atoms with Gasteiger partial charge >= 0.3 is 0 Å². The summed E-state index contributed by atoms with van der Waals surface area (Å²) in [5, 5.41) is 0.756. The molecule has 4 aromatic rings. The van der Waals surface area contributed by atoms with E-state index in [-0.39, 0.29) is 10.8 Å². The van der Waals surface area contributed by atoms with Gasteiger partial charge in [-0.2, -0.15) is 0 Å². The Balaban J connectivity index is 1.30. The van der Waals surface area contributed by atoms with Crippen LogP contribution in [0.5, 0.6) is 0 Å². The van der Waals surface area contributed by atoms with Gasteiger partial charge in [0.2, 0.25) is 0 Å². The van der Waals surface area contributed by atoms with Crippen LogP contribution in [-0.4, -0.2) is 62.4 Å². The molecule has 1 fully saturated rings. The van der Waals surface area contributed by atoms with E-state index in [2.05, 4.69) is 14.9 Å². The normalized spacial score (nSPS) is 14.2. The zero-order valence-corrected chi connectivity index (χ0v) is 20.1. The Morgan fingerprint density at radius 2 is 1.54 bits per heavy atom. The minimum Gasteiger partial charge on any atom is -0.368 e. The number of rotatable bonds is 5. The minimum absolute atomic E-state index is 0.0605. The van der Waals surface area contributed by atoms with Crippen LogP contribution in [0.1, 0.15) is 10.4 Å². The Hall–Kier alpha value is -3.98. The van der Waals surface area contributed by atoms with Gasteiger partial charge in [-0.05, 0) is 48.5 Å². The first-order chi connectivity index (χ1) is 16.9. The van der Waals surface area contributed by atoms with Crippen LogP contribution in [-0.2, 0) is 10.0 Å². The van der Waals surface area contributed by atoms with Gasteiger partial charge in [0.1, 0.15) is 4.90 Å². The van der Waals surface area contributed by atoms with Crippen LogP contribution in [0.4, 0.5) is 11.4 Å². The second-order valence-corrected chi connectivity index (χ2v) is 10.3. The summed E-state index contributed by atoms with van der Waals surface area (Å²) in [7, 11) is -2.33. The van der Waals surface area contributed by atoms with Gasteiger partial charge in [0, 0.05) is 68.5 Å². The third kappa shape index (κ3) is 4.42. The Bertz CT molecular complexity index is 1450. The first kappa shape index (κ1) is 22.8. The molecular formula is C26H25N5O3S. The quantitative estimate of drug-likeness (QED) is 0.429. The Morgan fingerprint density at radius 1 is 0.857 bits per heavy atom. The number of hydrogen-bond acceptors (Lipinski definition) is 6. The van der Waals surface area contributed by atoms with E-state index < -0.39 is 10.0 Å². The molecule has 2 aromatic carbocycles. The first-order valence-corrected chi connectivity index (χ1v) is 12.8. The maximum Gasteiger partial charge on any atom is 0.266 e. The van der Waals surface area contributed by atoms with Gasteiger partial charge in [-0.3, -0.25) is 19.1 Å². The van der Waals surface area contributed by atoms with Crippen LogP contribution >= 0.6 is 0 Å². The summed E-state index contributed by atoms with van der Waals surface area (Å²) in [5.41, 5.74) is 2.53. The third-order valence-electron chi connectivity index (χ3n) is 6.31. The summed E-state index contributed by atoms with van der Waals surface area (Å²) in [5.74, 6) is -0.0605. The molecule has 178 valence electrons. The third-order valence-corrected chi connectivity index (χ3v) is 8.12. The number of aromatic nitrogens is 2. The predicted octanol–water partition coefficient (Wildman–Crippen LogP) is 3.42. The molecule has 0 spiro atoms. The van der Waals surface area contributed by atoms with Crippen molar-refractivity contribution >= 4 is 38.2 Å². The number of amides is 1. The van der Waals surface area contributed by atoms with Gasteiger partial charge < -0.3 is 9.80 Å². The van der Waals surface area contributed by atoms with Gasteiger partial charge in [-0.25, -0.2) is 8.42 Å². The number of sulfonamides is 1. The highest BCUT2D eigenvalue weighted by Crippen LogP contribution is 2.27. The Morgan fingerprint density at radius 3 is 2.26 bits per heavy atom. The van der Waals surface area contributed by atoms with E-state index in [9.17, 15) is 13.2 Å². The van der Waals surface area contributed by atoms with Crippen molar-refractivity contribution < 1.29 is 13.2 Å². The number of pyridine rings is 2. The van der Waals surface area contributed by atoms with Crippen molar-refractivity contribution in [1.82, 2.24) is 14.9 Å². The summed E-state index contributed by atoms with van der Waals surface area (Å²) in [4.78, 5) is 25.6. The van der Waals surface area contributed by atoms with E-state index in [1.807, 2.05) is 29.2 Å². The molecule has 1 aliphatic rings. The number of hydrogen-bond donors (Lipinski definition) is 0. The summed E-state index contributed by atoms with van der Waals surface area (Å²) in [6.07, 6.45) is 5.11. The van der Waals surface area contributed by atoms with Gasteiger partial charge in [0.15, 0.2) is 0 Å². The molecule has 1 amide bonds. The summed E-state index contributed by atoms with van der Waals surface area (Å²) in [6, 6.07) is 19.3. The van der Waals surface area contributed by atoms with Crippen molar-refractivity contribution in [1.29, 1.82) is 0 Å². The molecule has 2 aromatic heterocycles. The lowest BCUT2D eigenvalue weighted by Gasteiger charge is -2.36. The summed E-state index contributed by atoms with van der Waals surface area (Å²) >= 11 is 0. The van der Waals surface area contributed by atoms with Gasteiger partial charge in [-0.15, -0.1) is 0 Å². The van der Waals surface area contributed by atoms with Crippen LogP contribution < -0.4 is 9.21 Å². The van der Waals surface area contributed by atoms with E-state index in [0.717, 1.165) is 24.2 Å². The SMILES string of the molecule is CN(c1ccc(C(=O)N2CCN(c3ccncc3)CC2)cc1)S(=O)(=O)c1cccc2cccnc12. The molecule has 8 nitrogen and oxygen atoms in total. The van der Waals surface area contributed by atoms with E-state index in [4.69, 9.17) is 0 Å². The zero-order valence-electron chi connectivity index (χ0n) is 19.3. The van der Waals surface area contributed by atoms with Crippen molar-refractivity contribution in [3.8, 4) is 0 Å². The fourth-order valence-electron chi connectivity index (χ4n) is 4.29. The van der Waals surface area contributed by atoms with Crippen LogP contribution in [0.25, 0.3) is 10.9 Å². The molecule has 1 saturated heterocycles. The minimum atomic E-state index is -3.84. The van der Waals surface area contributed by atoms with Crippen molar-refractivity contribution in [3.05, 3.63) is 90.9 Å². The average molecular weight is 488 g/mol. The Kier molecular flexibility index (Phi) is 6.08. The van der Waals surface area contributed by atoms with Gasteiger partial charge in [0.05, 0.1) is 11.2 Å². The second kappa shape index (κ2) is 9.34. The first-order valence-electron chi connectivity index (χ1n) is 11.3. The number of piperazine rings is 1. The molecule has 3 heterocycles. The number of para-hydroxylation sites is 1. The molecule has 35 heavy (non-hydrogen) atoms. The van der Waals surface area contributed by atoms with Gasteiger partial charge in [0.25, 0.3) is 15.9 Å². The topological polar surface area (TPSA) is 86.7 Å². The lowest BCUT2D eigenvalue weighted by atomic mass is 10.1. The largest absolute Gasteiger partial charge is 0.368 e. The molecule has 0 N–H and O–H groups in total. The molecule has 0 unspecified atom stereocenters. The number of nitrogens with zero attached hydrogens (tertiary/aromatic N) is 5. The molecule has 0 aliphatic carbocycles. The molecule has 0 saturated carbocycles. The monoisotopic (exact) mass is 487 g/mol. The number of anilines is 2. The van der Waals surface area contributed by atoms with Crippen LogP contribution in [0.2, 0.25) is 0 Å². The van der Waals surface area contributed by atoms with Crippen LogP contribution in [0, 0.1) is 0 Å². The van der Waals surface area contributed by atoms with E-state index in [1.54, 1.807) is 61.1 Å². The average Bonchev–Trinajstić information content (AvgIpc) is 2.92. The number of benzene rings is 2. The smallest absolute Gasteiger partial charge is 0.266 e. The van der Waals surface area contributed by atoms with Crippen LogP contribution in [0.3, 0.4) is 0 Å². The molecular weight excluding hydrogens is 462 g/mol. The van der Waals surface area contributed by atoms with Crippen molar-refractivity contribution in [2.75, 3.05) is 42.4 Å². The molecule has 9 heteroatoms. The van der Waals surface area contributed by atoms with E-state index >= 15 is 0 Å². The predicted molar refractivity (Wildman–Crippen MR) is 136 cm³/mol. The fraction of sp³-hybridized carbons (Fsp3) is 0.192. The Labute approximate surface area is 204 Å². The molecule has 5 rings (SSSR count). The second-order valence-electron chi connectivity index (χ2n) is 8.34. The molecule has 1 aliphatic heterocycles. The van der Waals surface area contributed by atoms with E-state index in [1.165, 1.54) is 11.4 Å².